The number of hydrogen-bond acceptors (Lipinski definition) is 2. The molecular formula is C11H26N2Si. The Hall–Kier alpha value is -0.123. The lowest BCUT2D eigenvalue weighted by Crippen LogP contribution is -2.63. The minimum atomic E-state index is -1.63. The second-order valence-corrected chi connectivity index (χ2v) is 7.70. The van der Waals surface area contributed by atoms with Crippen LogP contribution in [0, 0.1) is 0 Å². The average molecular weight is 214 g/mol. The van der Waals surface area contributed by atoms with E-state index >= 15 is 0 Å². The molecule has 0 bridgehead atoms. The molecular weight excluding hydrogens is 188 g/mol. The summed E-state index contributed by atoms with van der Waals surface area (Å²) in [5.41, 5.74) is 2.09. The maximum Gasteiger partial charge on any atom is 0.223 e. The van der Waals surface area contributed by atoms with Crippen LogP contribution < -0.4 is 9.96 Å². The zero-order valence-corrected chi connectivity index (χ0v) is 11.4. The van der Waals surface area contributed by atoms with Crippen molar-refractivity contribution in [3.63, 3.8) is 0 Å². The maximum absolute atomic E-state index is 3.94. The van der Waals surface area contributed by atoms with Crippen LogP contribution in [0.1, 0.15) is 40.5 Å². The van der Waals surface area contributed by atoms with Crippen molar-refractivity contribution in [3.8, 4) is 0 Å². The highest BCUT2D eigenvalue weighted by Crippen LogP contribution is 2.02. The van der Waals surface area contributed by atoms with E-state index in [1.807, 2.05) is 0 Å². The maximum atomic E-state index is 3.94. The summed E-state index contributed by atoms with van der Waals surface area (Å²) in [4.78, 5) is 7.34. The smallest absolute Gasteiger partial charge is 0.223 e. The number of rotatable bonds is 7. The van der Waals surface area contributed by atoms with E-state index in [4.69, 9.17) is 0 Å². The van der Waals surface area contributed by atoms with Crippen LogP contribution >= 0.6 is 0 Å². The number of nitrogens with one attached hydrogen (secondary N) is 2. The van der Waals surface area contributed by atoms with Crippen LogP contribution in [-0.4, -0.2) is 20.5 Å². The predicted octanol–water partition coefficient (Wildman–Crippen LogP) is 2.56. The van der Waals surface area contributed by atoms with Crippen LogP contribution in [0.25, 0.3) is 0 Å². The first kappa shape index (κ1) is 13.9. The van der Waals surface area contributed by atoms with Crippen LogP contribution in [0.15, 0.2) is 12.3 Å². The van der Waals surface area contributed by atoms with Gasteiger partial charge in [0.2, 0.25) is 8.40 Å². The Morgan fingerprint density at radius 1 is 1.14 bits per heavy atom. The Morgan fingerprint density at radius 2 is 1.50 bits per heavy atom. The molecule has 2 unspecified atom stereocenters. The highest BCUT2D eigenvalue weighted by molar-refractivity contribution is 6.78. The number of hydrogen-bond donors (Lipinski definition) is 2. The Bertz CT molecular complexity index is 159. The Morgan fingerprint density at radius 3 is 1.71 bits per heavy atom. The van der Waals surface area contributed by atoms with E-state index in [1.54, 1.807) is 0 Å². The van der Waals surface area contributed by atoms with Gasteiger partial charge in [-0.1, -0.05) is 33.4 Å². The molecule has 0 amide bonds. The second-order valence-electron chi connectivity index (χ2n) is 4.31. The van der Waals surface area contributed by atoms with Gasteiger partial charge < -0.3 is 9.96 Å². The van der Waals surface area contributed by atoms with Gasteiger partial charge in [0.15, 0.2) is 0 Å². The summed E-state index contributed by atoms with van der Waals surface area (Å²) in [5.74, 6) is 0. The highest BCUT2D eigenvalue weighted by Gasteiger charge is 2.26. The molecule has 0 aromatic heterocycles. The second kappa shape index (κ2) is 6.38. The van der Waals surface area contributed by atoms with E-state index in [2.05, 4.69) is 56.5 Å². The fraction of sp³-hybridized carbons (Fsp3) is 0.818. The standard InChI is InChI=1S/C11H26N2Si/c1-7-10(4)12-14(6,9-3)13-11(5)8-2/h9-13H,3,7-8H2,1-2,4-6H3. The van der Waals surface area contributed by atoms with E-state index in [-0.39, 0.29) is 0 Å². The lowest BCUT2D eigenvalue weighted by molar-refractivity contribution is 0.594. The van der Waals surface area contributed by atoms with Gasteiger partial charge in [-0.25, -0.2) is 0 Å². The van der Waals surface area contributed by atoms with Crippen LogP contribution in [0.5, 0.6) is 0 Å². The summed E-state index contributed by atoms with van der Waals surface area (Å²) in [6.07, 6.45) is 2.33. The first-order valence-corrected chi connectivity index (χ1v) is 8.24. The first-order chi connectivity index (χ1) is 6.47. The fourth-order valence-electron chi connectivity index (χ4n) is 1.39. The van der Waals surface area contributed by atoms with Gasteiger partial charge in [0.25, 0.3) is 0 Å². The molecule has 0 heterocycles. The fourth-order valence-corrected chi connectivity index (χ4v) is 4.16. The molecule has 2 N–H and O–H groups in total. The molecule has 0 spiro atoms. The van der Waals surface area contributed by atoms with Crippen LogP contribution in [0.4, 0.5) is 0 Å². The molecule has 0 fully saturated rings. The molecule has 14 heavy (non-hydrogen) atoms. The summed E-state index contributed by atoms with van der Waals surface area (Å²) in [5, 5.41) is 0. The van der Waals surface area contributed by atoms with Crippen molar-refractivity contribution in [2.75, 3.05) is 0 Å². The molecule has 3 heteroatoms. The molecule has 84 valence electrons. The molecule has 0 saturated carbocycles. The van der Waals surface area contributed by atoms with E-state index in [1.165, 1.54) is 12.8 Å². The molecule has 0 aliphatic rings. The van der Waals surface area contributed by atoms with E-state index in [9.17, 15) is 0 Å². The van der Waals surface area contributed by atoms with Gasteiger partial charge in [-0.15, -0.1) is 6.58 Å². The van der Waals surface area contributed by atoms with Crippen LogP contribution in [0.3, 0.4) is 0 Å². The minimum Gasteiger partial charge on any atom is -0.320 e. The molecule has 0 rings (SSSR count). The quantitative estimate of drug-likeness (QED) is 0.637. The van der Waals surface area contributed by atoms with Gasteiger partial charge in [0.05, 0.1) is 0 Å². The third kappa shape index (κ3) is 4.93. The zero-order valence-electron chi connectivity index (χ0n) is 10.4. The van der Waals surface area contributed by atoms with Gasteiger partial charge in [-0.05, 0) is 31.5 Å². The van der Waals surface area contributed by atoms with E-state index < -0.39 is 8.40 Å². The Balaban J connectivity index is 4.24. The van der Waals surface area contributed by atoms with E-state index in [0.717, 1.165) is 0 Å². The van der Waals surface area contributed by atoms with Gasteiger partial charge in [0, 0.05) is 0 Å². The van der Waals surface area contributed by atoms with Gasteiger partial charge in [-0.2, -0.15) is 0 Å². The van der Waals surface area contributed by atoms with E-state index in [0.29, 0.717) is 12.1 Å². The topological polar surface area (TPSA) is 24.1 Å². The minimum absolute atomic E-state index is 0.571. The summed E-state index contributed by atoms with van der Waals surface area (Å²) in [6.45, 7) is 15.1. The van der Waals surface area contributed by atoms with Gasteiger partial charge >= 0.3 is 0 Å². The third-order valence-electron chi connectivity index (χ3n) is 2.73. The van der Waals surface area contributed by atoms with Crippen LogP contribution in [-0.2, 0) is 0 Å². The molecule has 2 nitrogen and oxygen atoms in total. The van der Waals surface area contributed by atoms with Crippen molar-refractivity contribution in [1.29, 1.82) is 0 Å². The normalized spacial score (nSPS) is 19.8. The molecule has 0 saturated heterocycles. The molecule has 2 atom stereocenters. The summed E-state index contributed by atoms with van der Waals surface area (Å²) >= 11 is 0. The van der Waals surface area contributed by atoms with Crippen molar-refractivity contribution in [2.45, 2.75) is 59.2 Å². The lowest BCUT2D eigenvalue weighted by Gasteiger charge is -2.32. The summed E-state index contributed by atoms with van der Waals surface area (Å²) in [6, 6.07) is 1.14. The van der Waals surface area contributed by atoms with Gasteiger partial charge in [-0.3, -0.25) is 0 Å². The first-order valence-electron chi connectivity index (χ1n) is 5.66. The van der Waals surface area contributed by atoms with Gasteiger partial charge in [0.1, 0.15) is 0 Å². The Labute approximate surface area is 90.3 Å². The molecule has 0 radical (unpaired) electrons. The molecule has 0 aromatic carbocycles. The van der Waals surface area contributed by atoms with Crippen molar-refractivity contribution in [3.05, 3.63) is 12.3 Å². The Kier molecular flexibility index (Phi) is 6.32. The lowest BCUT2D eigenvalue weighted by atomic mass is 10.3. The van der Waals surface area contributed by atoms with Crippen molar-refractivity contribution in [2.24, 2.45) is 0 Å². The van der Waals surface area contributed by atoms with Crippen LogP contribution in [0.2, 0.25) is 6.55 Å². The average Bonchev–Trinajstić information content (AvgIpc) is 2.17. The predicted molar refractivity (Wildman–Crippen MR) is 67.6 cm³/mol. The largest absolute Gasteiger partial charge is 0.320 e. The van der Waals surface area contributed by atoms with Crippen molar-refractivity contribution in [1.82, 2.24) is 9.96 Å². The highest BCUT2D eigenvalue weighted by atomic mass is 28.3. The molecule has 0 aromatic rings. The summed E-state index contributed by atoms with van der Waals surface area (Å²) < 4.78 is 0. The summed E-state index contributed by atoms with van der Waals surface area (Å²) in [7, 11) is -1.63. The van der Waals surface area contributed by atoms with Crippen molar-refractivity contribution >= 4 is 8.40 Å². The zero-order chi connectivity index (χ0) is 11.2. The monoisotopic (exact) mass is 214 g/mol. The third-order valence-corrected chi connectivity index (χ3v) is 5.73. The molecule has 0 aliphatic carbocycles. The molecule has 0 aliphatic heterocycles. The SMILES string of the molecule is C=C[Si](C)(NC(C)CC)NC(C)CC. The van der Waals surface area contributed by atoms with Crippen molar-refractivity contribution < 1.29 is 0 Å².